The molecule has 4 heteroatoms. The van der Waals surface area contributed by atoms with Crippen LogP contribution in [0, 0.1) is 17.2 Å². The standard InChI is InChI=1S/C16H22N2O2/c1-12-5-4-7-15(12)18-10-14(19)11-20-16-8-3-2-6-13(16)9-17/h2-3,6,8,12,14-15,18-19H,4-5,7,10-11H2,1H3. The number of hydrogen-bond acceptors (Lipinski definition) is 4. The van der Waals surface area contributed by atoms with Gasteiger partial charge in [0.1, 0.15) is 24.5 Å². The fourth-order valence-corrected chi connectivity index (χ4v) is 2.67. The van der Waals surface area contributed by atoms with Gasteiger partial charge in [-0.2, -0.15) is 5.26 Å². The third kappa shape index (κ3) is 3.96. The molecule has 1 aromatic carbocycles. The number of para-hydroxylation sites is 1. The van der Waals surface area contributed by atoms with Gasteiger partial charge in [-0.05, 0) is 30.9 Å². The lowest BCUT2D eigenvalue weighted by molar-refractivity contribution is 0.102. The van der Waals surface area contributed by atoms with Gasteiger partial charge in [0, 0.05) is 12.6 Å². The average Bonchev–Trinajstić information content (AvgIpc) is 2.88. The van der Waals surface area contributed by atoms with E-state index < -0.39 is 6.10 Å². The summed E-state index contributed by atoms with van der Waals surface area (Å²) in [5.41, 5.74) is 0.497. The Hall–Kier alpha value is -1.57. The summed E-state index contributed by atoms with van der Waals surface area (Å²) in [6, 6.07) is 9.66. The van der Waals surface area contributed by atoms with Crippen molar-refractivity contribution in [2.45, 2.75) is 38.3 Å². The third-order valence-electron chi connectivity index (χ3n) is 3.92. The van der Waals surface area contributed by atoms with E-state index in [0.717, 1.165) is 0 Å². The first-order chi connectivity index (χ1) is 9.70. The molecule has 3 unspecified atom stereocenters. The Labute approximate surface area is 120 Å². The topological polar surface area (TPSA) is 65.3 Å². The van der Waals surface area contributed by atoms with E-state index in [1.165, 1.54) is 19.3 Å². The van der Waals surface area contributed by atoms with Crippen LogP contribution in [0.15, 0.2) is 24.3 Å². The highest BCUT2D eigenvalue weighted by molar-refractivity contribution is 5.42. The van der Waals surface area contributed by atoms with Gasteiger partial charge in [0.25, 0.3) is 0 Å². The number of nitrogens with one attached hydrogen (secondary N) is 1. The van der Waals surface area contributed by atoms with Crippen molar-refractivity contribution in [3.63, 3.8) is 0 Å². The number of ether oxygens (including phenoxy) is 1. The maximum absolute atomic E-state index is 9.95. The molecule has 0 aromatic heterocycles. The number of nitrogens with zero attached hydrogens (tertiary/aromatic N) is 1. The molecular formula is C16H22N2O2. The molecule has 0 saturated heterocycles. The van der Waals surface area contributed by atoms with Gasteiger partial charge in [-0.3, -0.25) is 0 Å². The maximum atomic E-state index is 9.95. The van der Waals surface area contributed by atoms with E-state index in [-0.39, 0.29) is 6.61 Å². The van der Waals surface area contributed by atoms with E-state index in [9.17, 15) is 5.11 Å². The number of rotatable bonds is 6. The van der Waals surface area contributed by atoms with Crippen LogP contribution < -0.4 is 10.1 Å². The molecule has 1 saturated carbocycles. The van der Waals surface area contributed by atoms with Crippen molar-refractivity contribution in [2.75, 3.05) is 13.2 Å². The van der Waals surface area contributed by atoms with Gasteiger partial charge in [0.2, 0.25) is 0 Å². The minimum Gasteiger partial charge on any atom is -0.489 e. The van der Waals surface area contributed by atoms with Gasteiger partial charge in [-0.1, -0.05) is 25.5 Å². The van der Waals surface area contributed by atoms with E-state index in [1.807, 2.05) is 6.07 Å². The molecule has 0 radical (unpaired) electrons. The molecule has 20 heavy (non-hydrogen) atoms. The monoisotopic (exact) mass is 274 g/mol. The highest BCUT2D eigenvalue weighted by atomic mass is 16.5. The number of nitriles is 1. The predicted octanol–water partition coefficient (Wildman–Crippen LogP) is 2.08. The van der Waals surface area contributed by atoms with Gasteiger partial charge in [0.15, 0.2) is 0 Å². The van der Waals surface area contributed by atoms with Crippen molar-refractivity contribution in [1.29, 1.82) is 5.26 Å². The quantitative estimate of drug-likeness (QED) is 0.833. The molecule has 1 aliphatic rings. The van der Waals surface area contributed by atoms with E-state index >= 15 is 0 Å². The summed E-state index contributed by atoms with van der Waals surface area (Å²) in [6.07, 6.45) is 3.15. The zero-order valence-corrected chi connectivity index (χ0v) is 11.9. The van der Waals surface area contributed by atoms with Crippen molar-refractivity contribution in [1.82, 2.24) is 5.32 Å². The summed E-state index contributed by atoms with van der Waals surface area (Å²) in [4.78, 5) is 0. The minimum absolute atomic E-state index is 0.201. The molecule has 0 heterocycles. The summed E-state index contributed by atoms with van der Waals surface area (Å²) >= 11 is 0. The van der Waals surface area contributed by atoms with E-state index in [4.69, 9.17) is 10.00 Å². The smallest absolute Gasteiger partial charge is 0.137 e. The molecular weight excluding hydrogens is 252 g/mol. The molecule has 0 amide bonds. The molecule has 0 spiro atoms. The lowest BCUT2D eigenvalue weighted by Gasteiger charge is -2.20. The van der Waals surface area contributed by atoms with Crippen LogP contribution in [-0.4, -0.2) is 30.4 Å². The second-order valence-corrected chi connectivity index (χ2v) is 5.50. The lowest BCUT2D eigenvalue weighted by Crippen LogP contribution is -2.39. The average molecular weight is 274 g/mol. The molecule has 4 nitrogen and oxygen atoms in total. The van der Waals surface area contributed by atoms with Crippen LogP contribution in [0.25, 0.3) is 0 Å². The van der Waals surface area contributed by atoms with Crippen LogP contribution in [0.2, 0.25) is 0 Å². The van der Waals surface area contributed by atoms with Crippen LogP contribution in [0.4, 0.5) is 0 Å². The molecule has 0 bridgehead atoms. The molecule has 1 fully saturated rings. The molecule has 2 N–H and O–H groups in total. The Morgan fingerprint density at radius 3 is 2.95 bits per heavy atom. The lowest BCUT2D eigenvalue weighted by atomic mass is 10.1. The zero-order chi connectivity index (χ0) is 14.4. The van der Waals surface area contributed by atoms with Crippen LogP contribution in [-0.2, 0) is 0 Å². The summed E-state index contributed by atoms with van der Waals surface area (Å²) in [5, 5.41) is 22.3. The Morgan fingerprint density at radius 2 is 2.25 bits per heavy atom. The summed E-state index contributed by atoms with van der Waals surface area (Å²) < 4.78 is 5.52. The van der Waals surface area contributed by atoms with Crippen molar-refractivity contribution in [3.05, 3.63) is 29.8 Å². The van der Waals surface area contributed by atoms with Gasteiger partial charge in [0.05, 0.1) is 5.56 Å². The number of hydrogen-bond donors (Lipinski definition) is 2. The van der Waals surface area contributed by atoms with E-state index in [1.54, 1.807) is 18.2 Å². The largest absolute Gasteiger partial charge is 0.489 e. The molecule has 108 valence electrons. The predicted molar refractivity (Wildman–Crippen MR) is 77.5 cm³/mol. The fourth-order valence-electron chi connectivity index (χ4n) is 2.67. The van der Waals surface area contributed by atoms with Crippen molar-refractivity contribution < 1.29 is 9.84 Å². The normalized spacial score (nSPS) is 23.2. The van der Waals surface area contributed by atoms with Crippen LogP contribution in [0.5, 0.6) is 5.75 Å². The van der Waals surface area contributed by atoms with Crippen molar-refractivity contribution >= 4 is 0 Å². The molecule has 2 rings (SSSR count). The minimum atomic E-state index is -0.561. The maximum Gasteiger partial charge on any atom is 0.137 e. The Kier molecular flexibility index (Phi) is 5.40. The zero-order valence-electron chi connectivity index (χ0n) is 11.9. The molecule has 0 aliphatic heterocycles. The van der Waals surface area contributed by atoms with Gasteiger partial charge in [-0.15, -0.1) is 0 Å². The fraction of sp³-hybridized carbons (Fsp3) is 0.562. The first-order valence-electron chi connectivity index (χ1n) is 7.24. The third-order valence-corrected chi connectivity index (χ3v) is 3.92. The van der Waals surface area contributed by atoms with Gasteiger partial charge < -0.3 is 15.2 Å². The van der Waals surface area contributed by atoms with E-state index in [0.29, 0.717) is 29.8 Å². The summed E-state index contributed by atoms with van der Waals surface area (Å²) in [6.45, 7) is 2.98. The Morgan fingerprint density at radius 1 is 1.45 bits per heavy atom. The van der Waals surface area contributed by atoms with Gasteiger partial charge >= 0.3 is 0 Å². The first kappa shape index (κ1) is 14.8. The van der Waals surface area contributed by atoms with E-state index in [2.05, 4.69) is 18.3 Å². The second-order valence-electron chi connectivity index (χ2n) is 5.50. The van der Waals surface area contributed by atoms with Crippen LogP contribution in [0.3, 0.4) is 0 Å². The van der Waals surface area contributed by atoms with Gasteiger partial charge in [-0.25, -0.2) is 0 Å². The Bertz CT molecular complexity index is 470. The molecule has 1 aromatic rings. The summed E-state index contributed by atoms with van der Waals surface area (Å²) in [5.74, 6) is 1.21. The van der Waals surface area contributed by atoms with Crippen LogP contribution >= 0.6 is 0 Å². The molecule has 3 atom stereocenters. The number of benzene rings is 1. The number of aliphatic hydroxyl groups excluding tert-OH is 1. The number of aliphatic hydroxyl groups is 1. The van der Waals surface area contributed by atoms with Crippen molar-refractivity contribution in [2.24, 2.45) is 5.92 Å². The Balaban J connectivity index is 1.75. The van der Waals surface area contributed by atoms with Crippen molar-refractivity contribution in [3.8, 4) is 11.8 Å². The highest BCUT2D eigenvalue weighted by Gasteiger charge is 2.23. The highest BCUT2D eigenvalue weighted by Crippen LogP contribution is 2.24. The molecule has 1 aliphatic carbocycles. The SMILES string of the molecule is CC1CCCC1NCC(O)COc1ccccc1C#N. The second kappa shape index (κ2) is 7.28. The van der Waals surface area contributed by atoms with Crippen LogP contribution in [0.1, 0.15) is 31.7 Å². The first-order valence-corrected chi connectivity index (χ1v) is 7.24. The summed E-state index contributed by atoms with van der Waals surface area (Å²) in [7, 11) is 0.